The number of esters is 3. The van der Waals surface area contributed by atoms with Gasteiger partial charge in [-0.2, -0.15) is 8.42 Å². The third-order valence-electron chi connectivity index (χ3n) is 11.6. The molecule has 8 atom stereocenters. The SMILES string of the molecule is O=C(O)c1cc2c(C34CC5CC(CC(C(=O)OC6C7CC8C6OC(=O)C8C7C(=O)OCCS(=O)(=O)O)(C5)C3)C4)cccc2[nH]1. The van der Waals surface area contributed by atoms with Crippen LogP contribution in [-0.4, -0.2) is 71.5 Å². The smallest absolute Gasteiger partial charge is 0.352 e. The number of carbonyl (C=O) groups is 4. The maximum Gasteiger partial charge on any atom is 0.352 e. The topological polar surface area (TPSA) is 186 Å². The van der Waals surface area contributed by atoms with E-state index < -0.39 is 75.8 Å². The number of carbonyl (C=O) groups excluding carboxylic acids is 3. The molecule has 7 fully saturated rings. The van der Waals surface area contributed by atoms with Gasteiger partial charge in [-0.1, -0.05) is 12.1 Å². The summed E-state index contributed by atoms with van der Waals surface area (Å²) in [4.78, 5) is 54.9. The average molecular weight is 628 g/mol. The Morgan fingerprint density at radius 3 is 2.52 bits per heavy atom. The van der Waals surface area contributed by atoms with Gasteiger partial charge < -0.3 is 24.3 Å². The first-order valence-corrected chi connectivity index (χ1v) is 16.9. The van der Waals surface area contributed by atoms with Gasteiger partial charge in [-0.15, -0.1) is 0 Å². The van der Waals surface area contributed by atoms with E-state index in [1.54, 1.807) is 6.07 Å². The molecule has 1 aromatic heterocycles. The molecule has 8 unspecified atom stereocenters. The molecule has 3 N–H and O–H groups in total. The van der Waals surface area contributed by atoms with E-state index >= 15 is 0 Å². The normalized spacial score (nSPS) is 39.5. The Hall–Kier alpha value is -3.45. The van der Waals surface area contributed by atoms with Crippen molar-refractivity contribution in [2.24, 2.45) is 40.9 Å². The Morgan fingerprint density at radius 1 is 1.07 bits per heavy atom. The fourth-order valence-electron chi connectivity index (χ4n) is 10.6. The van der Waals surface area contributed by atoms with Crippen LogP contribution in [0.2, 0.25) is 0 Å². The van der Waals surface area contributed by atoms with Crippen LogP contribution in [0.3, 0.4) is 0 Å². The van der Waals surface area contributed by atoms with Gasteiger partial charge in [0.25, 0.3) is 10.1 Å². The van der Waals surface area contributed by atoms with Crippen LogP contribution in [0.25, 0.3) is 10.9 Å². The predicted molar refractivity (Wildman–Crippen MR) is 150 cm³/mol. The zero-order valence-corrected chi connectivity index (χ0v) is 24.6. The van der Waals surface area contributed by atoms with Gasteiger partial charge in [-0.3, -0.25) is 18.9 Å². The maximum absolute atomic E-state index is 14.3. The van der Waals surface area contributed by atoms with E-state index in [-0.39, 0.29) is 23.0 Å². The van der Waals surface area contributed by atoms with Gasteiger partial charge in [0.1, 0.15) is 30.3 Å². The minimum atomic E-state index is -4.33. The van der Waals surface area contributed by atoms with Crippen molar-refractivity contribution in [3.05, 3.63) is 35.5 Å². The number of aromatic nitrogens is 1. The second-order valence-electron chi connectivity index (χ2n) is 14.1. The number of hydrogen-bond donors (Lipinski definition) is 3. The molecule has 234 valence electrons. The first-order chi connectivity index (χ1) is 20.9. The number of hydrogen-bond acceptors (Lipinski definition) is 9. The minimum absolute atomic E-state index is 0.123. The number of benzene rings is 1. The van der Waals surface area contributed by atoms with Gasteiger partial charge in [-0.25, -0.2) is 4.79 Å². The molecule has 2 aromatic rings. The second kappa shape index (κ2) is 9.29. The van der Waals surface area contributed by atoms with E-state index in [9.17, 15) is 32.7 Å². The lowest BCUT2D eigenvalue weighted by Gasteiger charge is -2.61. The highest BCUT2D eigenvalue weighted by atomic mass is 32.2. The summed E-state index contributed by atoms with van der Waals surface area (Å²) in [6, 6.07) is 7.54. The van der Waals surface area contributed by atoms with Gasteiger partial charge in [0.05, 0.1) is 17.3 Å². The molecule has 9 rings (SSSR count). The van der Waals surface area contributed by atoms with Crippen LogP contribution >= 0.6 is 0 Å². The third-order valence-corrected chi connectivity index (χ3v) is 12.3. The summed E-state index contributed by atoms with van der Waals surface area (Å²) in [7, 11) is -4.33. The Morgan fingerprint density at radius 2 is 1.82 bits per heavy atom. The Labute approximate surface area is 252 Å². The first-order valence-electron chi connectivity index (χ1n) is 15.3. The van der Waals surface area contributed by atoms with E-state index in [0.717, 1.165) is 35.7 Å². The maximum atomic E-state index is 14.3. The van der Waals surface area contributed by atoms with Crippen LogP contribution in [0.4, 0.5) is 0 Å². The van der Waals surface area contributed by atoms with Gasteiger partial charge in [0.2, 0.25) is 0 Å². The number of H-pyrrole nitrogens is 1. The molecule has 6 aliphatic carbocycles. The quantitative estimate of drug-likeness (QED) is 0.222. The van der Waals surface area contributed by atoms with Crippen LogP contribution < -0.4 is 0 Å². The monoisotopic (exact) mass is 627 g/mol. The number of carboxylic acids is 1. The highest BCUT2D eigenvalue weighted by Crippen LogP contribution is 2.67. The highest BCUT2D eigenvalue weighted by Gasteiger charge is 2.71. The van der Waals surface area contributed by atoms with E-state index in [2.05, 4.69) is 11.1 Å². The van der Waals surface area contributed by atoms with Crippen molar-refractivity contribution in [1.82, 2.24) is 4.98 Å². The zero-order valence-electron chi connectivity index (χ0n) is 23.8. The molecule has 6 saturated carbocycles. The van der Waals surface area contributed by atoms with Crippen molar-refractivity contribution in [2.75, 3.05) is 12.4 Å². The fourth-order valence-corrected chi connectivity index (χ4v) is 10.9. The molecule has 7 aliphatic rings. The molecule has 6 bridgehead atoms. The average Bonchev–Trinajstić information content (AvgIpc) is 3.68. The van der Waals surface area contributed by atoms with Crippen LogP contribution in [0.1, 0.15) is 61.0 Å². The Balaban J connectivity index is 1.07. The number of fused-ring (bicyclic) bond motifs is 2. The zero-order chi connectivity index (χ0) is 30.8. The van der Waals surface area contributed by atoms with Gasteiger partial charge in [0.15, 0.2) is 0 Å². The molecular weight excluding hydrogens is 594 g/mol. The molecular formula is C31H33NO11S. The molecule has 0 amide bonds. The number of aromatic amines is 1. The summed E-state index contributed by atoms with van der Waals surface area (Å²) in [6.07, 6.45) is 3.86. The summed E-state index contributed by atoms with van der Waals surface area (Å²) in [5.41, 5.74) is 0.886. The molecule has 0 radical (unpaired) electrons. The summed E-state index contributed by atoms with van der Waals surface area (Å²) in [5.74, 6) is -5.19. The van der Waals surface area contributed by atoms with Crippen molar-refractivity contribution >= 4 is 44.9 Å². The van der Waals surface area contributed by atoms with Crippen LogP contribution in [0, 0.1) is 40.9 Å². The second-order valence-corrected chi connectivity index (χ2v) is 15.7. The molecule has 2 heterocycles. The van der Waals surface area contributed by atoms with Crippen molar-refractivity contribution in [3.63, 3.8) is 0 Å². The highest BCUT2D eigenvalue weighted by molar-refractivity contribution is 7.85. The molecule has 1 aliphatic heterocycles. The minimum Gasteiger partial charge on any atom is -0.477 e. The van der Waals surface area contributed by atoms with Gasteiger partial charge >= 0.3 is 23.9 Å². The number of ether oxygens (including phenoxy) is 3. The first kappa shape index (κ1) is 28.1. The van der Waals surface area contributed by atoms with Crippen molar-refractivity contribution in [3.8, 4) is 0 Å². The molecule has 0 spiro atoms. The third kappa shape index (κ3) is 4.07. The van der Waals surface area contributed by atoms with Crippen LogP contribution in [0.5, 0.6) is 0 Å². The number of rotatable bonds is 8. The number of aromatic carboxylic acids is 1. The van der Waals surface area contributed by atoms with E-state index in [1.807, 2.05) is 12.1 Å². The van der Waals surface area contributed by atoms with E-state index in [0.29, 0.717) is 37.5 Å². The van der Waals surface area contributed by atoms with Crippen LogP contribution in [-0.2, 0) is 44.1 Å². The Bertz CT molecular complexity index is 1710. The largest absolute Gasteiger partial charge is 0.477 e. The standard InChI is InChI=1S/C31H33NO11S/c33-26(34)21-8-16-19(2-1-3-20(16)32-21)30-9-14-6-15(10-30)12-31(11-14,13-30)29(37)43-25-17-7-18-23(28(36)42-24(18)25)22(17)27(35)41-4-5-44(38,39)40/h1-3,8,14-15,17-18,22-25,32H,4-7,9-13H2,(H,33,34)(H,38,39,40). The molecule has 12 nitrogen and oxygen atoms in total. The van der Waals surface area contributed by atoms with Crippen molar-refractivity contribution in [2.45, 2.75) is 62.6 Å². The number of carboxylic acid groups (broad SMARTS) is 1. The number of nitrogens with one attached hydrogen (secondary N) is 1. The lowest BCUT2D eigenvalue weighted by Crippen LogP contribution is -2.58. The lowest BCUT2D eigenvalue weighted by molar-refractivity contribution is -0.189. The molecule has 13 heteroatoms. The van der Waals surface area contributed by atoms with Crippen molar-refractivity contribution < 1.29 is 51.5 Å². The Kier molecular flexibility index (Phi) is 5.92. The molecule has 44 heavy (non-hydrogen) atoms. The molecule has 1 aromatic carbocycles. The molecule has 1 saturated heterocycles. The summed E-state index contributed by atoms with van der Waals surface area (Å²) < 4.78 is 48.3. The van der Waals surface area contributed by atoms with Gasteiger partial charge in [-0.05, 0) is 79.9 Å². The predicted octanol–water partition coefficient (Wildman–Crippen LogP) is 2.85. The van der Waals surface area contributed by atoms with Crippen molar-refractivity contribution in [1.29, 1.82) is 0 Å². The summed E-state index contributed by atoms with van der Waals surface area (Å²) >= 11 is 0. The lowest BCUT2D eigenvalue weighted by atomic mass is 9.42. The summed E-state index contributed by atoms with van der Waals surface area (Å²) in [5, 5.41) is 10.5. The van der Waals surface area contributed by atoms with E-state index in [1.165, 1.54) is 0 Å². The van der Waals surface area contributed by atoms with E-state index in [4.69, 9.17) is 18.8 Å². The fraction of sp³-hybridized carbons (Fsp3) is 0.613. The summed E-state index contributed by atoms with van der Waals surface area (Å²) in [6.45, 7) is -0.545. The van der Waals surface area contributed by atoms with Gasteiger partial charge in [0, 0.05) is 22.7 Å². The van der Waals surface area contributed by atoms with Crippen LogP contribution in [0.15, 0.2) is 24.3 Å².